The van der Waals surface area contributed by atoms with Gasteiger partial charge in [0.1, 0.15) is 5.75 Å². The Hall–Kier alpha value is -1.26. The van der Waals surface area contributed by atoms with Crippen LogP contribution in [0.3, 0.4) is 0 Å². The third-order valence-electron chi connectivity index (χ3n) is 3.86. The summed E-state index contributed by atoms with van der Waals surface area (Å²) in [4.78, 5) is 14.1. The standard InChI is InChI=1S/C16H22ClNO3/c1-12-6-7-14(17)15(10-12)21-11-16(20)18(8-9-19)13-4-2-3-5-13/h6-7,10,13,19H,2-5,8-9,11H2,1H3. The molecular formula is C16H22ClNO3. The number of benzene rings is 1. The van der Waals surface area contributed by atoms with Crippen molar-refractivity contribution in [3.8, 4) is 5.75 Å². The highest BCUT2D eigenvalue weighted by Gasteiger charge is 2.26. The van der Waals surface area contributed by atoms with Gasteiger partial charge in [0.2, 0.25) is 0 Å². The molecule has 1 saturated carbocycles. The molecule has 5 heteroatoms. The summed E-state index contributed by atoms with van der Waals surface area (Å²) in [6, 6.07) is 5.72. The Kier molecular flexibility index (Phi) is 5.88. The second-order valence-electron chi connectivity index (χ2n) is 5.47. The number of aliphatic hydroxyl groups is 1. The van der Waals surface area contributed by atoms with Crippen LogP contribution in [0, 0.1) is 6.92 Å². The van der Waals surface area contributed by atoms with Crippen LogP contribution in [0.4, 0.5) is 0 Å². The van der Waals surface area contributed by atoms with Crippen LogP contribution in [0.5, 0.6) is 5.75 Å². The minimum absolute atomic E-state index is 0.0204. The van der Waals surface area contributed by atoms with Gasteiger partial charge in [-0.15, -0.1) is 0 Å². The first-order chi connectivity index (χ1) is 10.1. The van der Waals surface area contributed by atoms with Crippen LogP contribution in [-0.2, 0) is 4.79 Å². The highest BCUT2D eigenvalue weighted by Crippen LogP contribution is 2.26. The van der Waals surface area contributed by atoms with Crippen molar-refractivity contribution >= 4 is 17.5 Å². The van der Waals surface area contributed by atoms with Gasteiger partial charge in [0.05, 0.1) is 11.6 Å². The van der Waals surface area contributed by atoms with E-state index in [2.05, 4.69) is 0 Å². The molecule has 0 spiro atoms. The highest BCUT2D eigenvalue weighted by atomic mass is 35.5. The number of amides is 1. The Morgan fingerprint density at radius 3 is 2.81 bits per heavy atom. The summed E-state index contributed by atoms with van der Waals surface area (Å²) < 4.78 is 5.56. The van der Waals surface area contributed by atoms with Crippen molar-refractivity contribution in [1.29, 1.82) is 0 Å². The summed E-state index contributed by atoms with van der Waals surface area (Å²) in [5.41, 5.74) is 1.03. The molecule has 1 fully saturated rings. The molecule has 0 atom stereocenters. The van der Waals surface area contributed by atoms with Gasteiger partial charge in [0.15, 0.2) is 6.61 Å². The fraction of sp³-hybridized carbons (Fsp3) is 0.562. The number of ether oxygens (including phenoxy) is 1. The van der Waals surface area contributed by atoms with Crippen LogP contribution in [-0.4, -0.2) is 41.7 Å². The van der Waals surface area contributed by atoms with Gasteiger partial charge < -0.3 is 14.7 Å². The number of hydrogen-bond donors (Lipinski definition) is 1. The van der Waals surface area contributed by atoms with Gasteiger partial charge in [0, 0.05) is 12.6 Å². The second kappa shape index (κ2) is 7.66. The van der Waals surface area contributed by atoms with E-state index < -0.39 is 0 Å². The molecule has 21 heavy (non-hydrogen) atoms. The lowest BCUT2D eigenvalue weighted by Crippen LogP contribution is -2.43. The van der Waals surface area contributed by atoms with Gasteiger partial charge >= 0.3 is 0 Å². The maximum Gasteiger partial charge on any atom is 0.260 e. The summed E-state index contributed by atoms with van der Waals surface area (Å²) >= 11 is 6.06. The Bertz CT molecular complexity index is 486. The average Bonchev–Trinajstić information content (AvgIpc) is 2.99. The van der Waals surface area contributed by atoms with E-state index in [4.69, 9.17) is 21.4 Å². The molecule has 0 aliphatic heterocycles. The Labute approximate surface area is 130 Å². The Balaban J connectivity index is 1.96. The predicted molar refractivity (Wildman–Crippen MR) is 82.7 cm³/mol. The monoisotopic (exact) mass is 311 g/mol. The highest BCUT2D eigenvalue weighted by molar-refractivity contribution is 6.32. The van der Waals surface area contributed by atoms with Crippen molar-refractivity contribution in [3.63, 3.8) is 0 Å². The van der Waals surface area contributed by atoms with Gasteiger partial charge in [-0.3, -0.25) is 4.79 Å². The molecule has 1 aliphatic carbocycles. The number of halogens is 1. The zero-order valence-corrected chi connectivity index (χ0v) is 13.1. The van der Waals surface area contributed by atoms with Gasteiger partial charge in [-0.1, -0.05) is 30.5 Å². The number of aryl methyl sites for hydroxylation is 1. The van der Waals surface area contributed by atoms with Gasteiger partial charge in [-0.25, -0.2) is 0 Å². The molecule has 0 unspecified atom stereocenters. The first-order valence-electron chi connectivity index (χ1n) is 7.41. The molecule has 0 heterocycles. The lowest BCUT2D eigenvalue weighted by molar-refractivity contribution is -0.136. The van der Waals surface area contributed by atoms with Crippen LogP contribution >= 0.6 is 11.6 Å². The normalized spacial score (nSPS) is 15.2. The van der Waals surface area contributed by atoms with Crippen molar-refractivity contribution in [2.24, 2.45) is 0 Å². The number of carbonyl (C=O) groups excluding carboxylic acids is 1. The van der Waals surface area contributed by atoms with E-state index in [0.29, 0.717) is 17.3 Å². The number of nitrogens with zero attached hydrogens (tertiary/aromatic N) is 1. The third-order valence-corrected chi connectivity index (χ3v) is 4.18. The van der Waals surface area contributed by atoms with Crippen molar-refractivity contribution in [1.82, 2.24) is 4.90 Å². The number of hydrogen-bond acceptors (Lipinski definition) is 3. The van der Waals surface area contributed by atoms with E-state index in [1.54, 1.807) is 11.0 Å². The average molecular weight is 312 g/mol. The topological polar surface area (TPSA) is 49.8 Å². The zero-order chi connectivity index (χ0) is 15.2. The van der Waals surface area contributed by atoms with Crippen molar-refractivity contribution in [2.75, 3.05) is 19.8 Å². The Morgan fingerprint density at radius 2 is 2.14 bits per heavy atom. The lowest BCUT2D eigenvalue weighted by Gasteiger charge is -2.28. The van der Waals surface area contributed by atoms with E-state index >= 15 is 0 Å². The molecule has 1 aromatic rings. The van der Waals surface area contributed by atoms with E-state index in [-0.39, 0.29) is 25.2 Å². The summed E-state index contributed by atoms with van der Waals surface area (Å²) in [7, 11) is 0. The second-order valence-corrected chi connectivity index (χ2v) is 5.88. The number of aliphatic hydroxyl groups excluding tert-OH is 1. The van der Waals surface area contributed by atoms with Crippen LogP contribution in [0.2, 0.25) is 5.02 Å². The SMILES string of the molecule is Cc1ccc(Cl)c(OCC(=O)N(CCO)C2CCCC2)c1. The molecule has 4 nitrogen and oxygen atoms in total. The van der Waals surface area contributed by atoms with E-state index in [1.807, 2.05) is 19.1 Å². The van der Waals surface area contributed by atoms with Gasteiger partial charge in [-0.05, 0) is 37.5 Å². The van der Waals surface area contributed by atoms with Crippen LogP contribution in [0.25, 0.3) is 0 Å². The Morgan fingerprint density at radius 1 is 1.43 bits per heavy atom. The number of rotatable bonds is 6. The van der Waals surface area contributed by atoms with Crippen LogP contribution in [0.15, 0.2) is 18.2 Å². The molecule has 2 rings (SSSR count). The van der Waals surface area contributed by atoms with Crippen LogP contribution in [0.1, 0.15) is 31.2 Å². The molecule has 116 valence electrons. The molecular weight excluding hydrogens is 290 g/mol. The van der Waals surface area contributed by atoms with Gasteiger partial charge in [0.25, 0.3) is 5.91 Å². The number of carbonyl (C=O) groups is 1. The van der Waals surface area contributed by atoms with E-state index in [1.165, 1.54) is 0 Å². The first-order valence-corrected chi connectivity index (χ1v) is 7.79. The summed E-state index contributed by atoms with van der Waals surface area (Å²) in [6.07, 6.45) is 4.31. The van der Waals surface area contributed by atoms with E-state index in [0.717, 1.165) is 31.2 Å². The largest absolute Gasteiger partial charge is 0.482 e. The minimum atomic E-state index is -0.0893. The molecule has 1 N–H and O–H groups in total. The third kappa shape index (κ3) is 4.35. The van der Waals surface area contributed by atoms with Crippen molar-refractivity contribution in [2.45, 2.75) is 38.6 Å². The smallest absolute Gasteiger partial charge is 0.260 e. The molecule has 0 aromatic heterocycles. The molecule has 0 radical (unpaired) electrons. The molecule has 0 saturated heterocycles. The summed E-state index contributed by atoms with van der Waals surface area (Å²) in [5, 5.41) is 9.66. The summed E-state index contributed by atoms with van der Waals surface area (Å²) in [5.74, 6) is 0.439. The minimum Gasteiger partial charge on any atom is -0.482 e. The zero-order valence-electron chi connectivity index (χ0n) is 12.3. The molecule has 0 bridgehead atoms. The molecule has 1 aromatic carbocycles. The van der Waals surface area contributed by atoms with Crippen molar-refractivity contribution in [3.05, 3.63) is 28.8 Å². The maximum absolute atomic E-state index is 12.3. The van der Waals surface area contributed by atoms with Crippen molar-refractivity contribution < 1.29 is 14.6 Å². The first kappa shape index (κ1) is 16.1. The maximum atomic E-state index is 12.3. The quantitative estimate of drug-likeness (QED) is 0.879. The molecule has 1 amide bonds. The molecule has 1 aliphatic rings. The van der Waals surface area contributed by atoms with E-state index in [9.17, 15) is 4.79 Å². The summed E-state index contributed by atoms with van der Waals surface area (Å²) in [6.45, 7) is 2.25. The lowest BCUT2D eigenvalue weighted by atomic mass is 10.2. The van der Waals surface area contributed by atoms with Crippen LogP contribution < -0.4 is 4.74 Å². The predicted octanol–water partition coefficient (Wildman–Crippen LogP) is 2.79. The fourth-order valence-electron chi connectivity index (χ4n) is 2.78. The fourth-order valence-corrected chi connectivity index (χ4v) is 2.95. The van der Waals surface area contributed by atoms with Gasteiger partial charge in [-0.2, -0.15) is 0 Å².